The number of nitrogens with zero attached hydrogens (tertiary/aromatic N) is 2. The lowest BCUT2D eigenvalue weighted by Crippen LogP contribution is -2.43. The number of hydrogen-bond donors (Lipinski definition) is 3. The molecular weight excluding hydrogens is 382 g/mol. The molecule has 1 aromatic heterocycles. The molecule has 0 bridgehead atoms. The number of nitrogens with one attached hydrogen (secondary N) is 3. The topological polar surface area (TPSA) is 97.3 Å². The normalized spacial score (nSPS) is 11.4. The Morgan fingerprint density at radius 2 is 1.80 bits per heavy atom. The van der Waals surface area contributed by atoms with Gasteiger partial charge in [0.05, 0.1) is 13.7 Å². The Morgan fingerprint density at radius 1 is 1.07 bits per heavy atom. The molecule has 8 nitrogen and oxygen atoms in total. The number of urea groups is 1. The van der Waals surface area contributed by atoms with E-state index in [0.717, 1.165) is 11.1 Å². The lowest BCUT2D eigenvalue weighted by molar-refractivity contribution is -0.120. The first kappa shape index (κ1) is 20.9. The molecule has 0 fully saturated rings. The predicted molar refractivity (Wildman–Crippen MR) is 113 cm³/mol. The molecule has 1 heterocycles. The van der Waals surface area contributed by atoms with Gasteiger partial charge >= 0.3 is 6.03 Å². The van der Waals surface area contributed by atoms with Crippen LogP contribution in [0.3, 0.4) is 0 Å². The van der Waals surface area contributed by atoms with E-state index >= 15 is 0 Å². The molecule has 0 saturated heterocycles. The molecule has 3 rings (SSSR count). The van der Waals surface area contributed by atoms with Gasteiger partial charge in [-0.3, -0.25) is 4.79 Å². The first-order valence-corrected chi connectivity index (χ1v) is 9.53. The molecular formula is C22H25N5O3. The molecule has 8 heteroatoms. The fourth-order valence-electron chi connectivity index (χ4n) is 3.05. The third-order valence-corrected chi connectivity index (χ3v) is 4.58. The highest BCUT2D eigenvalue weighted by molar-refractivity contribution is 5.84. The second-order valence-electron chi connectivity index (χ2n) is 6.66. The summed E-state index contributed by atoms with van der Waals surface area (Å²) >= 11 is 0. The number of carbonyl (C=O) groups is 2. The van der Waals surface area contributed by atoms with Crippen LogP contribution in [-0.2, 0) is 18.4 Å². The molecule has 0 aliphatic heterocycles. The van der Waals surface area contributed by atoms with Gasteiger partial charge in [-0.05, 0) is 11.6 Å². The van der Waals surface area contributed by atoms with Crippen molar-refractivity contribution in [3.8, 4) is 5.75 Å². The van der Waals surface area contributed by atoms with Gasteiger partial charge in [0.2, 0.25) is 5.91 Å². The molecule has 0 unspecified atom stereocenters. The third-order valence-electron chi connectivity index (χ3n) is 4.58. The summed E-state index contributed by atoms with van der Waals surface area (Å²) in [6.45, 7) is 0.210. The van der Waals surface area contributed by atoms with Crippen molar-refractivity contribution in [2.45, 2.75) is 12.6 Å². The lowest BCUT2D eigenvalue weighted by atomic mass is 10.0. The maximum atomic E-state index is 12.6. The van der Waals surface area contributed by atoms with E-state index in [4.69, 9.17) is 4.74 Å². The molecule has 3 N–H and O–H groups in total. The number of ether oxygens (including phenoxy) is 1. The van der Waals surface area contributed by atoms with Crippen molar-refractivity contribution in [1.82, 2.24) is 25.5 Å². The summed E-state index contributed by atoms with van der Waals surface area (Å²) < 4.78 is 7.28. The number of imidazole rings is 1. The van der Waals surface area contributed by atoms with Gasteiger partial charge in [-0.15, -0.1) is 0 Å². The van der Waals surface area contributed by atoms with Crippen molar-refractivity contribution in [1.29, 1.82) is 0 Å². The van der Waals surface area contributed by atoms with E-state index in [1.54, 1.807) is 19.5 Å². The highest BCUT2D eigenvalue weighted by atomic mass is 16.5. The summed E-state index contributed by atoms with van der Waals surface area (Å²) in [6.07, 6.45) is 3.47. The second kappa shape index (κ2) is 10.1. The summed E-state index contributed by atoms with van der Waals surface area (Å²) in [5.74, 6) is 0.949. The SMILES string of the molecule is COc1ccccc1[C@H](NC(=O)CNC(=O)NCc1ccccc1)c1nccn1C. The van der Waals surface area contributed by atoms with Crippen LogP contribution in [0.5, 0.6) is 5.75 Å². The molecule has 0 aliphatic carbocycles. The van der Waals surface area contributed by atoms with Gasteiger partial charge in [-0.25, -0.2) is 9.78 Å². The molecule has 0 radical (unpaired) electrons. The maximum Gasteiger partial charge on any atom is 0.315 e. The van der Waals surface area contributed by atoms with Crippen molar-refractivity contribution in [3.05, 3.63) is 83.9 Å². The summed E-state index contributed by atoms with van der Waals surface area (Å²) in [7, 11) is 3.43. The van der Waals surface area contributed by atoms with Gasteiger partial charge in [-0.1, -0.05) is 48.5 Å². The van der Waals surface area contributed by atoms with Crippen LogP contribution in [-0.4, -0.2) is 35.1 Å². The standard InChI is InChI=1S/C22H25N5O3/c1-27-13-12-23-21(27)20(17-10-6-7-11-18(17)30-2)26-19(28)15-25-22(29)24-14-16-8-4-3-5-9-16/h3-13,20H,14-15H2,1-2H3,(H,26,28)(H2,24,25,29)/t20-/m0/s1. The number of benzene rings is 2. The maximum absolute atomic E-state index is 12.6. The van der Waals surface area contributed by atoms with E-state index in [2.05, 4.69) is 20.9 Å². The van der Waals surface area contributed by atoms with Crippen LogP contribution in [0.25, 0.3) is 0 Å². The fourth-order valence-corrected chi connectivity index (χ4v) is 3.05. The van der Waals surface area contributed by atoms with Gasteiger partial charge in [-0.2, -0.15) is 0 Å². The number of amides is 3. The monoisotopic (exact) mass is 407 g/mol. The van der Waals surface area contributed by atoms with Gasteiger partial charge < -0.3 is 25.3 Å². The second-order valence-corrected chi connectivity index (χ2v) is 6.66. The number of carbonyl (C=O) groups excluding carboxylic acids is 2. The average molecular weight is 407 g/mol. The van der Waals surface area contributed by atoms with E-state index in [1.807, 2.05) is 66.2 Å². The molecule has 3 amide bonds. The predicted octanol–water partition coefficient (Wildman–Crippen LogP) is 2.13. The molecule has 0 aliphatic rings. The molecule has 156 valence electrons. The summed E-state index contributed by atoms with van der Waals surface area (Å²) in [6, 6.07) is 16.0. The number of methoxy groups -OCH3 is 1. The van der Waals surface area contributed by atoms with E-state index in [1.165, 1.54) is 0 Å². The minimum Gasteiger partial charge on any atom is -0.496 e. The molecule has 2 aromatic carbocycles. The largest absolute Gasteiger partial charge is 0.496 e. The van der Waals surface area contributed by atoms with E-state index < -0.39 is 12.1 Å². The molecule has 0 saturated carbocycles. The Balaban J connectivity index is 1.62. The first-order valence-electron chi connectivity index (χ1n) is 9.53. The number of rotatable bonds is 8. The minimum atomic E-state index is -0.525. The fraction of sp³-hybridized carbons (Fsp3) is 0.227. The van der Waals surface area contributed by atoms with Crippen molar-refractivity contribution in [3.63, 3.8) is 0 Å². The first-order chi connectivity index (χ1) is 14.6. The van der Waals surface area contributed by atoms with Crippen LogP contribution in [0.1, 0.15) is 23.0 Å². The molecule has 1 atom stereocenters. The molecule has 3 aromatic rings. The van der Waals surface area contributed by atoms with Crippen molar-refractivity contribution < 1.29 is 14.3 Å². The average Bonchev–Trinajstić information content (AvgIpc) is 3.21. The number of aromatic nitrogens is 2. The Morgan fingerprint density at radius 3 is 2.50 bits per heavy atom. The number of aryl methyl sites for hydroxylation is 1. The smallest absolute Gasteiger partial charge is 0.315 e. The number of hydrogen-bond acceptors (Lipinski definition) is 4. The van der Waals surface area contributed by atoms with Gasteiger partial charge in [0.15, 0.2) is 0 Å². The summed E-state index contributed by atoms with van der Waals surface area (Å²) in [4.78, 5) is 29.0. The van der Waals surface area contributed by atoms with Gasteiger partial charge in [0.1, 0.15) is 17.6 Å². The Labute approximate surface area is 175 Å². The Bertz CT molecular complexity index is 987. The Kier molecular flexibility index (Phi) is 7.05. The van der Waals surface area contributed by atoms with Crippen LogP contribution in [0.15, 0.2) is 67.0 Å². The van der Waals surface area contributed by atoms with Crippen molar-refractivity contribution in [2.75, 3.05) is 13.7 Å². The van der Waals surface area contributed by atoms with Crippen LogP contribution in [0, 0.1) is 0 Å². The van der Waals surface area contributed by atoms with Crippen molar-refractivity contribution >= 4 is 11.9 Å². The number of para-hydroxylation sites is 1. The lowest BCUT2D eigenvalue weighted by Gasteiger charge is -2.21. The highest BCUT2D eigenvalue weighted by Crippen LogP contribution is 2.28. The van der Waals surface area contributed by atoms with Gasteiger partial charge in [0, 0.05) is 31.5 Å². The summed E-state index contributed by atoms with van der Waals surface area (Å²) in [5.41, 5.74) is 1.75. The Hall–Kier alpha value is -3.81. The zero-order valence-electron chi connectivity index (χ0n) is 17.0. The molecule has 30 heavy (non-hydrogen) atoms. The third kappa shape index (κ3) is 5.38. The van der Waals surface area contributed by atoms with E-state index in [-0.39, 0.29) is 12.5 Å². The van der Waals surface area contributed by atoms with Gasteiger partial charge in [0.25, 0.3) is 0 Å². The zero-order valence-corrected chi connectivity index (χ0v) is 17.0. The quantitative estimate of drug-likeness (QED) is 0.533. The van der Waals surface area contributed by atoms with Crippen LogP contribution < -0.4 is 20.7 Å². The van der Waals surface area contributed by atoms with Crippen LogP contribution in [0.4, 0.5) is 4.79 Å². The highest BCUT2D eigenvalue weighted by Gasteiger charge is 2.23. The minimum absolute atomic E-state index is 0.170. The van der Waals surface area contributed by atoms with Crippen molar-refractivity contribution in [2.24, 2.45) is 7.05 Å². The zero-order chi connectivity index (χ0) is 21.3. The summed E-state index contributed by atoms with van der Waals surface area (Å²) in [5, 5.41) is 8.24. The van der Waals surface area contributed by atoms with E-state index in [9.17, 15) is 9.59 Å². The van der Waals surface area contributed by atoms with Crippen LogP contribution >= 0.6 is 0 Å². The molecule has 0 spiro atoms. The van der Waals surface area contributed by atoms with Crippen LogP contribution in [0.2, 0.25) is 0 Å². The van der Waals surface area contributed by atoms with E-state index in [0.29, 0.717) is 18.1 Å².